The average Bonchev–Trinajstić information content (AvgIpc) is 3.37. The van der Waals surface area contributed by atoms with Crippen LogP contribution in [0.2, 0.25) is 0 Å². The summed E-state index contributed by atoms with van der Waals surface area (Å²) in [5, 5.41) is 17.1. The number of aryl methyl sites for hydroxylation is 1. The number of carboxylic acids is 1. The Hall–Kier alpha value is -2.81. The molecule has 0 saturated carbocycles. The highest BCUT2D eigenvalue weighted by Crippen LogP contribution is 2.27. The Morgan fingerprint density at radius 2 is 1.67 bits per heavy atom. The van der Waals surface area contributed by atoms with E-state index in [0.29, 0.717) is 5.89 Å². The number of aliphatic carboxylic acids is 1. The van der Waals surface area contributed by atoms with Crippen molar-refractivity contribution >= 4 is 16.8 Å². The molecule has 2 unspecified atom stereocenters. The monoisotopic (exact) mass is 470 g/mol. The Morgan fingerprint density at radius 3 is 2.18 bits per heavy atom. The zero-order chi connectivity index (χ0) is 24.0. The summed E-state index contributed by atoms with van der Waals surface area (Å²) < 4.78 is 17.5. The molecule has 0 bridgehead atoms. The molecule has 2 aromatic carbocycles. The van der Waals surface area contributed by atoms with Crippen LogP contribution in [-0.2, 0) is 22.0 Å². The van der Waals surface area contributed by atoms with Gasteiger partial charge in [-0.25, -0.2) is 4.98 Å². The van der Waals surface area contributed by atoms with Crippen LogP contribution in [-0.4, -0.2) is 62.3 Å². The molecule has 2 heterocycles. The fourth-order valence-electron chi connectivity index (χ4n) is 3.71. The molecule has 1 aliphatic rings. The molecule has 1 fully saturated rings. The second-order valence-electron chi connectivity index (χ2n) is 8.09. The molecule has 0 radical (unpaired) electrons. The van der Waals surface area contributed by atoms with Crippen LogP contribution in [0.5, 0.6) is 0 Å². The number of aliphatic hydroxyl groups is 1. The number of likely N-dealkylation sites (tertiary alicyclic amines) is 1. The number of oxazole rings is 1. The van der Waals surface area contributed by atoms with E-state index in [0.717, 1.165) is 72.4 Å². The molecule has 0 amide bonds. The molecule has 1 saturated heterocycles. The number of hydrogen-bond donors (Lipinski definition) is 2. The standard InChI is InChI=1S/C23H26N2O3S.C2H4O2/c1-16-22(12-14-25-13-11-20(26)15-25)24-23(28-16)19-5-3-17(4-6-19)18-7-9-21(10-8-18)29(2)27;1-2(3)4/h3-10,20,26H,11-15H2,1-2H3;1H3,(H,3,4). The predicted octanol–water partition coefficient (Wildman–Crippen LogP) is 3.75. The van der Waals surface area contributed by atoms with E-state index in [1.54, 1.807) is 6.26 Å². The summed E-state index contributed by atoms with van der Waals surface area (Å²) in [6.45, 7) is 5.63. The Morgan fingerprint density at radius 1 is 1.12 bits per heavy atom. The molecule has 1 aliphatic heterocycles. The van der Waals surface area contributed by atoms with Gasteiger partial charge in [0, 0.05) is 60.5 Å². The molecule has 1 aromatic heterocycles. The van der Waals surface area contributed by atoms with E-state index in [9.17, 15) is 9.32 Å². The molecule has 0 spiro atoms. The Labute approximate surface area is 196 Å². The van der Waals surface area contributed by atoms with Gasteiger partial charge in [-0.15, -0.1) is 0 Å². The van der Waals surface area contributed by atoms with Crippen LogP contribution in [0.15, 0.2) is 57.8 Å². The van der Waals surface area contributed by atoms with Gasteiger partial charge in [0.05, 0.1) is 11.8 Å². The van der Waals surface area contributed by atoms with Gasteiger partial charge in [0.2, 0.25) is 5.89 Å². The number of nitrogens with zero attached hydrogens (tertiary/aromatic N) is 2. The van der Waals surface area contributed by atoms with Crippen LogP contribution >= 0.6 is 0 Å². The second kappa shape index (κ2) is 11.4. The normalized spacial score (nSPS) is 16.8. The minimum absolute atomic E-state index is 0.192. The number of benzene rings is 2. The van der Waals surface area contributed by atoms with E-state index in [1.165, 1.54) is 0 Å². The molecular formula is C25H30N2O5S. The van der Waals surface area contributed by atoms with Gasteiger partial charge in [-0.1, -0.05) is 24.3 Å². The molecule has 8 heteroatoms. The maximum atomic E-state index is 11.5. The summed E-state index contributed by atoms with van der Waals surface area (Å²) in [6.07, 6.45) is 3.17. The first-order valence-corrected chi connectivity index (χ1v) is 12.4. The molecule has 33 heavy (non-hydrogen) atoms. The molecule has 2 atom stereocenters. The third-order valence-corrected chi connectivity index (χ3v) is 6.39. The molecule has 176 valence electrons. The molecule has 2 N–H and O–H groups in total. The average molecular weight is 471 g/mol. The zero-order valence-electron chi connectivity index (χ0n) is 19.2. The Balaban J connectivity index is 0.000000709. The lowest BCUT2D eigenvalue weighted by atomic mass is 10.0. The van der Waals surface area contributed by atoms with E-state index in [4.69, 9.17) is 19.3 Å². The van der Waals surface area contributed by atoms with Crippen molar-refractivity contribution in [3.63, 3.8) is 0 Å². The number of aliphatic hydroxyl groups excluding tert-OH is 1. The van der Waals surface area contributed by atoms with Crippen LogP contribution in [0.1, 0.15) is 24.8 Å². The van der Waals surface area contributed by atoms with Crippen molar-refractivity contribution in [3.8, 4) is 22.6 Å². The summed E-state index contributed by atoms with van der Waals surface area (Å²) in [5.74, 6) is 0.661. The predicted molar refractivity (Wildman–Crippen MR) is 129 cm³/mol. The highest BCUT2D eigenvalue weighted by molar-refractivity contribution is 7.84. The van der Waals surface area contributed by atoms with Gasteiger partial charge in [-0.3, -0.25) is 9.00 Å². The van der Waals surface area contributed by atoms with E-state index in [1.807, 2.05) is 43.3 Å². The third kappa shape index (κ3) is 7.08. The maximum absolute atomic E-state index is 11.5. The van der Waals surface area contributed by atoms with Crippen LogP contribution in [0.3, 0.4) is 0 Å². The van der Waals surface area contributed by atoms with Crippen molar-refractivity contribution in [2.75, 3.05) is 25.9 Å². The first-order chi connectivity index (χ1) is 15.7. The van der Waals surface area contributed by atoms with Gasteiger partial charge in [0.25, 0.3) is 5.97 Å². The van der Waals surface area contributed by atoms with Gasteiger partial charge in [0.1, 0.15) is 5.76 Å². The summed E-state index contributed by atoms with van der Waals surface area (Å²) in [6, 6.07) is 15.9. The maximum Gasteiger partial charge on any atom is 0.300 e. The van der Waals surface area contributed by atoms with Crippen LogP contribution < -0.4 is 0 Å². The lowest BCUT2D eigenvalue weighted by molar-refractivity contribution is -0.134. The molecule has 4 rings (SSSR count). The molecule has 3 aromatic rings. The van der Waals surface area contributed by atoms with Gasteiger partial charge >= 0.3 is 0 Å². The SMILES string of the molecule is CC(=O)O.Cc1oc(-c2ccc(-c3ccc(S(C)=O)cc3)cc2)nc1CCN1CCC(O)C1. The number of hydrogen-bond acceptors (Lipinski definition) is 6. The second-order valence-corrected chi connectivity index (χ2v) is 9.47. The van der Waals surface area contributed by atoms with Crippen LogP contribution in [0.4, 0.5) is 0 Å². The lowest BCUT2D eigenvalue weighted by Gasteiger charge is -2.13. The number of carboxylic acid groups (broad SMARTS) is 1. The summed E-state index contributed by atoms with van der Waals surface area (Å²) in [7, 11) is -0.963. The van der Waals surface area contributed by atoms with Gasteiger partial charge in [-0.05, 0) is 48.7 Å². The first kappa shape index (κ1) is 24.8. The van der Waals surface area contributed by atoms with Gasteiger partial charge in [-0.2, -0.15) is 0 Å². The Kier molecular flexibility index (Phi) is 8.55. The van der Waals surface area contributed by atoms with Crippen LogP contribution in [0.25, 0.3) is 22.6 Å². The number of carbonyl (C=O) groups is 1. The topological polar surface area (TPSA) is 104 Å². The number of rotatable bonds is 6. The third-order valence-electron chi connectivity index (χ3n) is 5.46. The van der Waals surface area contributed by atoms with Crippen molar-refractivity contribution in [1.82, 2.24) is 9.88 Å². The minimum Gasteiger partial charge on any atom is -0.481 e. The van der Waals surface area contributed by atoms with E-state index in [2.05, 4.69) is 17.0 Å². The highest BCUT2D eigenvalue weighted by atomic mass is 32.2. The van der Waals surface area contributed by atoms with Gasteiger partial charge < -0.3 is 19.5 Å². The summed E-state index contributed by atoms with van der Waals surface area (Å²) in [5.41, 5.74) is 4.11. The fourth-order valence-corrected chi connectivity index (χ4v) is 4.23. The largest absolute Gasteiger partial charge is 0.481 e. The fraction of sp³-hybridized carbons (Fsp3) is 0.360. The molecule has 7 nitrogen and oxygen atoms in total. The first-order valence-electron chi connectivity index (χ1n) is 10.8. The van der Waals surface area contributed by atoms with Crippen molar-refractivity contribution in [2.24, 2.45) is 0 Å². The molecular weight excluding hydrogens is 440 g/mol. The van der Waals surface area contributed by atoms with Crippen molar-refractivity contribution in [2.45, 2.75) is 37.7 Å². The van der Waals surface area contributed by atoms with Crippen molar-refractivity contribution in [3.05, 3.63) is 60.0 Å². The van der Waals surface area contributed by atoms with Crippen molar-refractivity contribution < 1.29 is 23.6 Å². The zero-order valence-corrected chi connectivity index (χ0v) is 20.0. The lowest BCUT2D eigenvalue weighted by Crippen LogP contribution is -2.24. The number of β-amino-alcohol motifs (C(OH)–C–C–N with tert-alkyl or cyclic N) is 1. The van der Waals surface area contributed by atoms with Gasteiger partial charge in [0.15, 0.2) is 0 Å². The molecule has 0 aliphatic carbocycles. The van der Waals surface area contributed by atoms with Crippen LogP contribution in [0, 0.1) is 6.92 Å². The number of aromatic nitrogens is 1. The highest BCUT2D eigenvalue weighted by Gasteiger charge is 2.20. The smallest absolute Gasteiger partial charge is 0.300 e. The van der Waals surface area contributed by atoms with E-state index < -0.39 is 16.8 Å². The van der Waals surface area contributed by atoms with E-state index >= 15 is 0 Å². The quantitative estimate of drug-likeness (QED) is 0.565. The Bertz CT molecular complexity index is 1090. The van der Waals surface area contributed by atoms with Crippen molar-refractivity contribution in [1.29, 1.82) is 0 Å². The minimum atomic E-state index is -0.963. The summed E-state index contributed by atoms with van der Waals surface area (Å²) in [4.78, 5) is 16.8. The summed E-state index contributed by atoms with van der Waals surface area (Å²) >= 11 is 0. The van der Waals surface area contributed by atoms with E-state index in [-0.39, 0.29) is 6.10 Å².